The van der Waals surface area contributed by atoms with E-state index in [2.05, 4.69) is 103 Å². The lowest BCUT2D eigenvalue weighted by Crippen LogP contribution is -1.96. The summed E-state index contributed by atoms with van der Waals surface area (Å²) >= 11 is 1.74. The van der Waals surface area contributed by atoms with Crippen molar-refractivity contribution in [2.75, 3.05) is 0 Å². The molecule has 6 aromatic carbocycles. The van der Waals surface area contributed by atoms with Gasteiger partial charge in [0.2, 0.25) is 0 Å². The van der Waals surface area contributed by atoms with Crippen LogP contribution in [0.25, 0.3) is 98.8 Å². The quantitative estimate of drug-likeness (QED) is 0.184. The Morgan fingerprint density at radius 3 is 1.82 bits per heavy atom. The maximum atomic E-state index is 6.56. The Balaban J connectivity index is 1.16. The molecular weight excluding hydrogens is 633 g/mol. The number of hydrogen-bond acceptors (Lipinski definition) is 6. The first-order valence-corrected chi connectivity index (χ1v) is 17.3. The van der Waals surface area contributed by atoms with Gasteiger partial charge in [0.15, 0.2) is 11.6 Å². The van der Waals surface area contributed by atoms with E-state index < -0.39 is 0 Å². The maximum absolute atomic E-state index is 6.56. The largest absolute Gasteiger partial charge is 0.456 e. The van der Waals surface area contributed by atoms with Gasteiger partial charge >= 0.3 is 0 Å². The van der Waals surface area contributed by atoms with Gasteiger partial charge in [-0.2, -0.15) is 0 Å². The van der Waals surface area contributed by atoms with Crippen LogP contribution in [0.15, 0.2) is 162 Å². The van der Waals surface area contributed by atoms with E-state index in [-0.39, 0.29) is 0 Å². The van der Waals surface area contributed by atoms with Gasteiger partial charge in [-0.15, -0.1) is 11.3 Å². The normalized spacial score (nSPS) is 11.6. The Hall–Kier alpha value is -6.50. The molecule has 10 rings (SSSR count). The summed E-state index contributed by atoms with van der Waals surface area (Å²) in [6.45, 7) is 0. The Morgan fingerprint density at radius 2 is 1.10 bits per heavy atom. The van der Waals surface area contributed by atoms with Crippen LogP contribution in [0.3, 0.4) is 0 Å². The third-order valence-electron chi connectivity index (χ3n) is 9.13. The first kappa shape index (κ1) is 28.5. The minimum Gasteiger partial charge on any atom is -0.456 e. The molecule has 0 saturated carbocycles. The van der Waals surface area contributed by atoms with Crippen molar-refractivity contribution < 1.29 is 4.42 Å². The van der Waals surface area contributed by atoms with E-state index in [9.17, 15) is 0 Å². The van der Waals surface area contributed by atoms with Crippen molar-refractivity contribution in [3.63, 3.8) is 0 Å². The Morgan fingerprint density at radius 1 is 0.440 bits per heavy atom. The molecule has 4 heterocycles. The zero-order valence-electron chi connectivity index (χ0n) is 26.6. The highest BCUT2D eigenvalue weighted by atomic mass is 32.1. The van der Waals surface area contributed by atoms with Crippen molar-refractivity contribution in [3.8, 4) is 56.5 Å². The van der Waals surface area contributed by atoms with Crippen LogP contribution in [0.5, 0.6) is 0 Å². The van der Waals surface area contributed by atoms with Crippen molar-refractivity contribution in [1.29, 1.82) is 0 Å². The van der Waals surface area contributed by atoms with Crippen LogP contribution in [-0.4, -0.2) is 19.9 Å². The molecule has 0 bridgehead atoms. The zero-order chi connectivity index (χ0) is 33.0. The topological polar surface area (TPSA) is 64.7 Å². The minimum atomic E-state index is 0.646. The summed E-state index contributed by atoms with van der Waals surface area (Å²) in [4.78, 5) is 20.6. The van der Waals surface area contributed by atoms with Gasteiger partial charge in [0.25, 0.3) is 0 Å². The number of rotatable bonds is 5. The second kappa shape index (κ2) is 11.6. The van der Waals surface area contributed by atoms with Crippen LogP contribution in [0.1, 0.15) is 0 Å². The predicted molar refractivity (Wildman–Crippen MR) is 205 cm³/mol. The van der Waals surface area contributed by atoms with E-state index in [1.807, 2.05) is 54.6 Å². The summed E-state index contributed by atoms with van der Waals surface area (Å²) in [6.07, 6.45) is 0. The summed E-state index contributed by atoms with van der Waals surface area (Å²) in [6, 6.07) is 53.7. The first-order valence-electron chi connectivity index (χ1n) is 16.5. The fourth-order valence-electron chi connectivity index (χ4n) is 6.74. The molecule has 0 fully saturated rings. The maximum Gasteiger partial charge on any atom is 0.161 e. The molecular formula is C44H26N4OS. The van der Waals surface area contributed by atoms with Crippen molar-refractivity contribution in [2.24, 2.45) is 0 Å². The summed E-state index contributed by atoms with van der Waals surface area (Å²) in [5.41, 5.74) is 10.1. The predicted octanol–water partition coefficient (Wildman–Crippen LogP) is 11.9. The zero-order valence-corrected chi connectivity index (χ0v) is 27.4. The molecule has 0 amide bonds. The highest BCUT2D eigenvalue weighted by Crippen LogP contribution is 2.41. The van der Waals surface area contributed by atoms with Crippen molar-refractivity contribution >= 4 is 53.6 Å². The highest BCUT2D eigenvalue weighted by Gasteiger charge is 2.20. The first-order chi connectivity index (χ1) is 24.8. The second-order valence-corrected chi connectivity index (χ2v) is 13.3. The number of fused-ring (bicyclic) bond motifs is 6. The van der Waals surface area contributed by atoms with Crippen LogP contribution in [0.4, 0.5) is 0 Å². The smallest absolute Gasteiger partial charge is 0.161 e. The van der Waals surface area contributed by atoms with E-state index in [4.69, 9.17) is 24.4 Å². The average molecular weight is 659 g/mol. The van der Waals surface area contributed by atoms with Crippen LogP contribution in [0.2, 0.25) is 0 Å². The van der Waals surface area contributed by atoms with E-state index in [1.165, 1.54) is 4.70 Å². The van der Waals surface area contributed by atoms with Crippen LogP contribution in [0, 0.1) is 0 Å². The van der Waals surface area contributed by atoms with Gasteiger partial charge in [0.05, 0.1) is 27.3 Å². The molecule has 6 heteroatoms. The van der Waals surface area contributed by atoms with Crippen LogP contribution in [-0.2, 0) is 0 Å². The van der Waals surface area contributed by atoms with Gasteiger partial charge in [0.1, 0.15) is 11.2 Å². The molecule has 0 radical (unpaired) electrons. The van der Waals surface area contributed by atoms with E-state index >= 15 is 0 Å². The standard InChI is InChI=1S/C44H26N4OS/c1-4-13-27(14-5-1)34-26-35(28-15-6-2-7-16-28)46-44(45-34)33-20-12-21-36-39(33)31-24-23-30(25-37(31)49-36)43-47-40(29-17-8-3-9-18-29)42-41(48-43)32-19-10-11-22-38(32)50-42/h1-26H. The monoisotopic (exact) mass is 658 g/mol. The van der Waals surface area contributed by atoms with Crippen LogP contribution >= 0.6 is 11.3 Å². The minimum absolute atomic E-state index is 0.646. The molecule has 0 aliphatic rings. The van der Waals surface area contributed by atoms with Crippen molar-refractivity contribution in [3.05, 3.63) is 158 Å². The molecule has 0 unspecified atom stereocenters. The lowest BCUT2D eigenvalue weighted by molar-refractivity contribution is 0.669. The van der Waals surface area contributed by atoms with Crippen molar-refractivity contribution in [1.82, 2.24) is 19.9 Å². The molecule has 0 saturated heterocycles. The molecule has 0 aliphatic carbocycles. The second-order valence-electron chi connectivity index (χ2n) is 12.2. The number of nitrogens with zero attached hydrogens (tertiary/aromatic N) is 4. The molecule has 4 aromatic heterocycles. The van der Waals surface area contributed by atoms with Crippen molar-refractivity contribution in [2.45, 2.75) is 0 Å². The van der Waals surface area contributed by atoms with Gasteiger partial charge in [-0.25, -0.2) is 19.9 Å². The number of benzene rings is 6. The molecule has 5 nitrogen and oxygen atoms in total. The van der Waals surface area contributed by atoms with Gasteiger partial charge in [-0.3, -0.25) is 0 Å². The summed E-state index contributed by atoms with van der Waals surface area (Å²) < 4.78 is 8.84. The molecule has 0 spiro atoms. The van der Waals surface area contributed by atoms with E-state index in [1.54, 1.807) is 11.3 Å². The van der Waals surface area contributed by atoms with E-state index in [0.29, 0.717) is 11.6 Å². The van der Waals surface area contributed by atoms with Gasteiger partial charge < -0.3 is 4.42 Å². The van der Waals surface area contributed by atoms with Gasteiger partial charge in [-0.05, 0) is 30.3 Å². The molecule has 0 atom stereocenters. The van der Waals surface area contributed by atoms with Gasteiger partial charge in [0, 0.05) is 48.7 Å². The number of furan rings is 1. The average Bonchev–Trinajstić information content (AvgIpc) is 3.76. The highest BCUT2D eigenvalue weighted by molar-refractivity contribution is 7.26. The summed E-state index contributed by atoms with van der Waals surface area (Å²) in [7, 11) is 0. The lowest BCUT2D eigenvalue weighted by atomic mass is 10.0. The third-order valence-corrected chi connectivity index (χ3v) is 10.3. The molecule has 0 N–H and O–H groups in total. The fraction of sp³-hybridized carbons (Fsp3) is 0. The van der Waals surface area contributed by atoms with E-state index in [0.717, 1.165) is 82.4 Å². The Bertz CT molecular complexity index is 2810. The molecule has 0 aliphatic heterocycles. The number of hydrogen-bond donors (Lipinski definition) is 0. The fourth-order valence-corrected chi connectivity index (χ4v) is 7.90. The Kier molecular flexibility index (Phi) is 6.60. The SMILES string of the molecule is c1ccc(-c2cc(-c3ccccc3)nc(-c3cccc4oc5cc(-c6nc(-c7ccccc7)c7sc8ccccc8c7n6)ccc5c34)n2)cc1. The lowest BCUT2D eigenvalue weighted by Gasteiger charge is -2.10. The molecule has 234 valence electrons. The Labute approximate surface area is 291 Å². The third kappa shape index (κ3) is 4.77. The van der Waals surface area contributed by atoms with Crippen LogP contribution < -0.4 is 0 Å². The number of thiophene rings is 1. The molecule has 10 aromatic rings. The summed E-state index contributed by atoms with van der Waals surface area (Å²) in [5, 5.41) is 3.10. The number of aromatic nitrogens is 4. The molecule has 50 heavy (non-hydrogen) atoms. The van der Waals surface area contributed by atoms with Gasteiger partial charge in [-0.1, -0.05) is 127 Å². The summed E-state index contributed by atoms with van der Waals surface area (Å²) in [5.74, 6) is 1.31.